The molecule has 4 heteroatoms. The molecule has 2 N–H and O–H groups in total. The Balaban J connectivity index is 2.10. The van der Waals surface area contributed by atoms with E-state index in [0.717, 1.165) is 31.9 Å². The van der Waals surface area contributed by atoms with Crippen LogP contribution < -0.4 is 10.5 Å². The summed E-state index contributed by atoms with van der Waals surface area (Å²) in [4.78, 5) is 2.31. The average Bonchev–Trinajstić information content (AvgIpc) is 2.45. The Kier molecular flexibility index (Phi) is 5.19. The first-order valence-corrected chi connectivity index (χ1v) is 7.01. The summed E-state index contributed by atoms with van der Waals surface area (Å²) >= 11 is 0. The van der Waals surface area contributed by atoms with Crippen LogP contribution in [-0.2, 0) is 4.74 Å². The summed E-state index contributed by atoms with van der Waals surface area (Å²) in [5.74, 6) is 0.925. The smallest absolute Gasteiger partial charge is 0.119 e. The number of likely N-dealkylation sites (N-methyl/N-ethyl adjacent to an activating group) is 1. The zero-order valence-electron chi connectivity index (χ0n) is 11.8. The Morgan fingerprint density at radius 3 is 2.74 bits per heavy atom. The lowest BCUT2D eigenvalue weighted by Gasteiger charge is -2.39. The predicted molar refractivity (Wildman–Crippen MR) is 76.4 cm³/mol. The standard InChI is InChI=1S/C15H24N2O2/c1-3-9-18-13-6-4-12(5-7-13)15-14(11-16)19-10-8-17(15)2/h4-7,14-15H,3,8-11,16H2,1-2H3. The third-order valence-corrected chi connectivity index (χ3v) is 3.53. The van der Waals surface area contributed by atoms with Crippen LogP contribution in [0.15, 0.2) is 24.3 Å². The summed E-state index contributed by atoms with van der Waals surface area (Å²) in [5, 5.41) is 0. The van der Waals surface area contributed by atoms with Crippen LogP contribution in [0.4, 0.5) is 0 Å². The SMILES string of the molecule is CCCOc1ccc(C2C(CN)OCCN2C)cc1. The maximum Gasteiger partial charge on any atom is 0.119 e. The van der Waals surface area contributed by atoms with Gasteiger partial charge < -0.3 is 15.2 Å². The largest absolute Gasteiger partial charge is 0.494 e. The van der Waals surface area contributed by atoms with Crippen LogP contribution in [0, 0.1) is 0 Å². The van der Waals surface area contributed by atoms with Crippen LogP contribution in [0.1, 0.15) is 24.9 Å². The van der Waals surface area contributed by atoms with Crippen LogP contribution in [0.25, 0.3) is 0 Å². The van der Waals surface area contributed by atoms with Crippen molar-refractivity contribution in [1.29, 1.82) is 0 Å². The average molecular weight is 264 g/mol. The lowest BCUT2D eigenvalue weighted by atomic mass is 9.98. The molecule has 0 bridgehead atoms. The van der Waals surface area contributed by atoms with Crippen molar-refractivity contribution in [1.82, 2.24) is 4.90 Å². The van der Waals surface area contributed by atoms with Crippen molar-refractivity contribution in [2.24, 2.45) is 5.73 Å². The fourth-order valence-corrected chi connectivity index (χ4v) is 2.51. The maximum atomic E-state index is 5.81. The second-order valence-electron chi connectivity index (χ2n) is 4.99. The predicted octanol–water partition coefficient (Wildman–Crippen LogP) is 1.81. The van der Waals surface area contributed by atoms with E-state index >= 15 is 0 Å². The molecular formula is C15H24N2O2. The van der Waals surface area contributed by atoms with E-state index < -0.39 is 0 Å². The van der Waals surface area contributed by atoms with Gasteiger partial charge in [0.25, 0.3) is 0 Å². The molecule has 0 radical (unpaired) electrons. The van der Waals surface area contributed by atoms with E-state index in [4.69, 9.17) is 15.2 Å². The summed E-state index contributed by atoms with van der Waals surface area (Å²) in [6.45, 7) is 5.11. The highest BCUT2D eigenvalue weighted by Crippen LogP contribution is 2.29. The molecule has 1 aliphatic heterocycles. The summed E-state index contributed by atoms with van der Waals surface area (Å²) < 4.78 is 11.4. The third-order valence-electron chi connectivity index (χ3n) is 3.53. The first kappa shape index (κ1) is 14.3. The minimum Gasteiger partial charge on any atom is -0.494 e. The van der Waals surface area contributed by atoms with Crippen LogP contribution in [0.3, 0.4) is 0 Å². The molecule has 1 aromatic carbocycles. The van der Waals surface area contributed by atoms with Gasteiger partial charge in [-0.2, -0.15) is 0 Å². The van der Waals surface area contributed by atoms with E-state index in [1.54, 1.807) is 0 Å². The highest BCUT2D eigenvalue weighted by atomic mass is 16.5. The molecule has 0 amide bonds. The molecule has 0 aliphatic carbocycles. The molecule has 2 atom stereocenters. The third kappa shape index (κ3) is 3.47. The number of nitrogens with zero attached hydrogens (tertiary/aromatic N) is 1. The minimum absolute atomic E-state index is 0.0705. The highest BCUT2D eigenvalue weighted by molar-refractivity contribution is 5.30. The van der Waals surface area contributed by atoms with E-state index in [1.807, 2.05) is 12.1 Å². The zero-order valence-corrected chi connectivity index (χ0v) is 11.8. The summed E-state index contributed by atoms with van der Waals surface area (Å²) in [7, 11) is 2.12. The van der Waals surface area contributed by atoms with E-state index in [-0.39, 0.29) is 12.1 Å². The van der Waals surface area contributed by atoms with Crippen molar-refractivity contribution in [3.05, 3.63) is 29.8 Å². The Hall–Kier alpha value is -1.10. The molecule has 1 saturated heterocycles. The molecule has 1 aromatic rings. The summed E-state index contributed by atoms with van der Waals surface area (Å²) in [6.07, 6.45) is 1.09. The van der Waals surface area contributed by atoms with Gasteiger partial charge >= 0.3 is 0 Å². The highest BCUT2D eigenvalue weighted by Gasteiger charge is 2.30. The van der Waals surface area contributed by atoms with Gasteiger partial charge in [-0.15, -0.1) is 0 Å². The number of rotatable bonds is 5. The number of morpholine rings is 1. The van der Waals surface area contributed by atoms with Gasteiger partial charge in [-0.25, -0.2) is 0 Å². The van der Waals surface area contributed by atoms with Gasteiger partial charge in [0.2, 0.25) is 0 Å². The normalized spacial score (nSPS) is 24.4. The molecule has 0 saturated carbocycles. The number of hydrogen-bond donors (Lipinski definition) is 1. The number of benzene rings is 1. The Labute approximate surface area is 115 Å². The van der Waals surface area contributed by atoms with Gasteiger partial charge in [-0.1, -0.05) is 19.1 Å². The van der Waals surface area contributed by atoms with E-state index in [9.17, 15) is 0 Å². The monoisotopic (exact) mass is 264 g/mol. The van der Waals surface area contributed by atoms with Crippen molar-refractivity contribution in [3.63, 3.8) is 0 Å². The first-order chi connectivity index (χ1) is 9.26. The molecule has 4 nitrogen and oxygen atoms in total. The van der Waals surface area contributed by atoms with Gasteiger partial charge in [-0.05, 0) is 31.2 Å². The second kappa shape index (κ2) is 6.89. The van der Waals surface area contributed by atoms with Crippen LogP contribution in [0.5, 0.6) is 5.75 Å². The Morgan fingerprint density at radius 1 is 1.37 bits per heavy atom. The topological polar surface area (TPSA) is 47.7 Å². The van der Waals surface area contributed by atoms with Crippen molar-refractivity contribution >= 4 is 0 Å². The van der Waals surface area contributed by atoms with Crippen molar-refractivity contribution in [2.45, 2.75) is 25.5 Å². The van der Waals surface area contributed by atoms with Crippen molar-refractivity contribution in [2.75, 3.05) is 33.4 Å². The van der Waals surface area contributed by atoms with Crippen LogP contribution in [-0.4, -0.2) is 44.4 Å². The van der Waals surface area contributed by atoms with Crippen molar-refractivity contribution in [3.8, 4) is 5.75 Å². The fourth-order valence-electron chi connectivity index (χ4n) is 2.51. The first-order valence-electron chi connectivity index (χ1n) is 7.01. The molecule has 106 valence electrons. The molecule has 19 heavy (non-hydrogen) atoms. The molecule has 0 aromatic heterocycles. The molecule has 2 rings (SSSR count). The quantitative estimate of drug-likeness (QED) is 0.881. The molecule has 1 fully saturated rings. The van der Waals surface area contributed by atoms with E-state index in [2.05, 4.69) is 31.0 Å². The molecule has 2 unspecified atom stereocenters. The molecule has 0 spiro atoms. The lowest BCUT2D eigenvalue weighted by Crippen LogP contribution is -2.46. The second-order valence-corrected chi connectivity index (χ2v) is 4.99. The van der Waals surface area contributed by atoms with Crippen LogP contribution in [0.2, 0.25) is 0 Å². The zero-order chi connectivity index (χ0) is 13.7. The minimum atomic E-state index is 0.0705. The fraction of sp³-hybridized carbons (Fsp3) is 0.600. The summed E-state index contributed by atoms with van der Waals surface area (Å²) in [6, 6.07) is 8.52. The van der Waals surface area contributed by atoms with Crippen LogP contribution >= 0.6 is 0 Å². The van der Waals surface area contributed by atoms with Gasteiger partial charge in [0.15, 0.2) is 0 Å². The molecular weight excluding hydrogens is 240 g/mol. The van der Waals surface area contributed by atoms with E-state index in [0.29, 0.717) is 6.54 Å². The van der Waals surface area contributed by atoms with Gasteiger partial charge in [0.1, 0.15) is 5.75 Å². The Bertz CT molecular complexity index is 380. The van der Waals surface area contributed by atoms with E-state index in [1.165, 1.54) is 5.56 Å². The molecule has 1 aliphatic rings. The maximum absolute atomic E-state index is 5.81. The molecule has 1 heterocycles. The number of ether oxygens (including phenoxy) is 2. The Morgan fingerprint density at radius 2 is 2.11 bits per heavy atom. The van der Waals surface area contributed by atoms with Gasteiger partial charge in [0, 0.05) is 13.1 Å². The van der Waals surface area contributed by atoms with Gasteiger partial charge in [0.05, 0.1) is 25.4 Å². The van der Waals surface area contributed by atoms with Crippen molar-refractivity contribution < 1.29 is 9.47 Å². The summed E-state index contributed by atoms with van der Waals surface area (Å²) in [5.41, 5.74) is 7.05. The van der Waals surface area contributed by atoms with Gasteiger partial charge in [-0.3, -0.25) is 4.90 Å². The number of hydrogen-bond acceptors (Lipinski definition) is 4. The number of nitrogens with two attached hydrogens (primary N) is 1. The lowest BCUT2D eigenvalue weighted by molar-refractivity contribution is -0.0576.